The molecule has 3 aromatic rings. The lowest BCUT2D eigenvalue weighted by Crippen LogP contribution is -2.27. The summed E-state index contributed by atoms with van der Waals surface area (Å²) in [6.07, 6.45) is 5.19. The number of rotatable bonds is 7. The lowest BCUT2D eigenvalue weighted by atomic mass is 10.0. The summed E-state index contributed by atoms with van der Waals surface area (Å²) >= 11 is 0. The van der Waals surface area contributed by atoms with Crippen LogP contribution in [0, 0.1) is 0 Å². The van der Waals surface area contributed by atoms with Crippen molar-refractivity contribution in [3.63, 3.8) is 0 Å². The summed E-state index contributed by atoms with van der Waals surface area (Å²) in [5.41, 5.74) is 5.11. The highest BCUT2D eigenvalue weighted by Gasteiger charge is 2.19. The minimum atomic E-state index is -2.93. The normalized spacial score (nSPS) is 13.0. The number of benzene rings is 2. The second kappa shape index (κ2) is 8.34. The third-order valence-electron chi connectivity index (χ3n) is 5.50. The van der Waals surface area contributed by atoms with Crippen molar-refractivity contribution in [2.24, 2.45) is 0 Å². The summed E-state index contributed by atoms with van der Waals surface area (Å²) in [6.45, 7) is -2.62. The number of hydrogen-bond donors (Lipinski definition) is 0. The van der Waals surface area contributed by atoms with Crippen LogP contribution in [-0.2, 0) is 30.6 Å². The average Bonchev–Trinajstić information content (AvgIpc) is 3.33. The van der Waals surface area contributed by atoms with Crippen LogP contribution >= 0.6 is 0 Å². The molecule has 30 heavy (non-hydrogen) atoms. The molecule has 5 nitrogen and oxygen atoms in total. The quantitative estimate of drug-likeness (QED) is 0.560. The molecule has 0 N–H and O–H groups in total. The molecule has 7 heteroatoms. The number of furan rings is 1. The Balaban J connectivity index is 1.46. The third-order valence-corrected chi connectivity index (χ3v) is 5.50. The van der Waals surface area contributed by atoms with Crippen molar-refractivity contribution >= 4 is 16.9 Å². The van der Waals surface area contributed by atoms with E-state index >= 15 is 0 Å². The van der Waals surface area contributed by atoms with Crippen LogP contribution in [0.25, 0.3) is 11.0 Å². The number of carbonyl (C=O) groups excluding carboxylic acids is 1. The number of likely N-dealkylation sites (N-methyl/N-ethyl adjacent to an activating group) is 1. The van der Waals surface area contributed by atoms with E-state index in [0.717, 1.165) is 41.4 Å². The second-order valence-electron chi connectivity index (χ2n) is 7.52. The molecule has 0 bridgehead atoms. The average molecular weight is 415 g/mol. The van der Waals surface area contributed by atoms with Crippen LogP contribution in [0.3, 0.4) is 0 Å². The van der Waals surface area contributed by atoms with Gasteiger partial charge in [0.25, 0.3) is 0 Å². The predicted octanol–water partition coefficient (Wildman–Crippen LogP) is 4.73. The van der Waals surface area contributed by atoms with Gasteiger partial charge in [-0.1, -0.05) is 6.07 Å². The molecule has 1 aliphatic rings. The molecule has 0 saturated carbocycles. The largest absolute Gasteiger partial charge is 0.493 e. The Bertz CT molecular complexity index is 1080. The zero-order valence-electron chi connectivity index (χ0n) is 16.9. The number of fused-ring (bicyclic) bond motifs is 2. The summed E-state index contributed by atoms with van der Waals surface area (Å²) in [6, 6.07) is 8.89. The molecule has 0 radical (unpaired) electrons. The fraction of sp³-hybridized carbons (Fsp3) is 0.348. The van der Waals surface area contributed by atoms with Gasteiger partial charge >= 0.3 is 6.61 Å². The van der Waals surface area contributed by atoms with E-state index < -0.39 is 6.61 Å². The third kappa shape index (κ3) is 4.10. The Morgan fingerprint density at radius 2 is 1.93 bits per heavy atom. The van der Waals surface area contributed by atoms with Gasteiger partial charge in [0.05, 0.1) is 19.8 Å². The van der Waals surface area contributed by atoms with Crippen molar-refractivity contribution < 1.29 is 27.5 Å². The molecule has 0 unspecified atom stereocenters. The molecule has 0 saturated heterocycles. The van der Waals surface area contributed by atoms with Gasteiger partial charge in [-0.25, -0.2) is 0 Å². The second-order valence-corrected chi connectivity index (χ2v) is 7.52. The van der Waals surface area contributed by atoms with E-state index in [1.165, 1.54) is 24.3 Å². The summed E-state index contributed by atoms with van der Waals surface area (Å²) in [4.78, 5) is 14.4. The number of halogens is 2. The summed E-state index contributed by atoms with van der Waals surface area (Å²) in [5.74, 6) is 0.0935. The highest BCUT2D eigenvalue weighted by molar-refractivity contribution is 5.88. The number of alkyl halides is 2. The van der Waals surface area contributed by atoms with E-state index in [1.807, 2.05) is 0 Å². The maximum absolute atomic E-state index is 12.8. The number of hydrogen-bond acceptors (Lipinski definition) is 4. The highest BCUT2D eigenvalue weighted by Crippen LogP contribution is 2.32. The van der Waals surface area contributed by atoms with Crippen LogP contribution in [-0.4, -0.2) is 31.6 Å². The molecule has 1 amide bonds. The Hall–Kier alpha value is -3.09. The molecule has 2 aromatic carbocycles. The Kier molecular flexibility index (Phi) is 5.61. The number of amides is 1. The predicted molar refractivity (Wildman–Crippen MR) is 108 cm³/mol. The first kappa shape index (κ1) is 20.2. The Morgan fingerprint density at radius 1 is 1.17 bits per heavy atom. The van der Waals surface area contributed by atoms with E-state index in [-0.39, 0.29) is 23.8 Å². The molecule has 158 valence electrons. The van der Waals surface area contributed by atoms with Crippen molar-refractivity contribution in [1.82, 2.24) is 4.90 Å². The van der Waals surface area contributed by atoms with Gasteiger partial charge < -0.3 is 18.8 Å². The van der Waals surface area contributed by atoms with Crippen molar-refractivity contribution in [2.75, 3.05) is 14.2 Å². The molecule has 0 aliphatic heterocycles. The standard InChI is InChI=1S/C23H23F2NO4/c1-26(12-14-6-7-19(30-23(24)25)21(8-14)28-2)22(27)11-17-13-29-20-10-16-5-3-4-15(16)9-18(17)20/h6-10,13,23H,3-5,11-12H2,1-2H3. The van der Waals surface area contributed by atoms with Gasteiger partial charge in [-0.15, -0.1) is 0 Å². The maximum atomic E-state index is 12.8. The minimum absolute atomic E-state index is 0.0392. The first-order valence-electron chi connectivity index (χ1n) is 9.82. The maximum Gasteiger partial charge on any atom is 0.387 e. The van der Waals surface area contributed by atoms with E-state index in [1.54, 1.807) is 30.3 Å². The first-order chi connectivity index (χ1) is 14.4. The van der Waals surface area contributed by atoms with Crippen LogP contribution in [0.15, 0.2) is 41.0 Å². The lowest BCUT2D eigenvalue weighted by Gasteiger charge is -2.18. The van der Waals surface area contributed by atoms with Crippen molar-refractivity contribution in [3.8, 4) is 11.5 Å². The van der Waals surface area contributed by atoms with Gasteiger partial charge in [-0.2, -0.15) is 8.78 Å². The van der Waals surface area contributed by atoms with Crippen LogP contribution in [0.1, 0.15) is 28.7 Å². The molecule has 1 aliphatic carbocycles. The Labute approximate surface area is 173 Å². The van der Waals surface area contributed by atoms with Crippen molar-refractivity contribution in [1.29, 1.82) is 0 Å². The van der Waals surface area contributed by atoms with Gasteiger partial charge in [-0.3, -0.25) is 4.79 Å². The number of methoxy groups -OCH3 is 1. The molecule has 0 spiro atoms. The smallest absolute Gasteiger partial charge is 0.387 e. The first-order valence-corrected chi connectivity index (χ1v) is 9.82. The zero-order valence-corrected chi connectivity index (χ0v) is 16.9. The highest BCUT2D eigenvalue weighted by atomic mass is 19.3. The molecule has 4 rings (SSSR count). The SMILES string of the molecule is COc1cc(CN(C)C(=O)Cc2coc3cc4c(cc23)CCC4)ccc1OC(F)F. The fourth-order valence-corrected chi connectivity index (χ4v) is 3.95. The summed E-state index contributed by atoms with van der Waals surface area (Å²) < 4.78 is 40.2. The minimum Gasteiger partial charge on any atom is -0.493 e. The van der Waals surface area contributed by atoms with Crippen LogP contribution in [0.2, 0.25) is 0 Å². The number of ether oxygens (including phenoxy) is 2. The molecule has 1 aromatic heterocycles. The lowest BCUT2D eigenvalue weighted by molar-refractivity contribution is -0.129. The van der Waals surface area contributed by atoms with E-state index in [0.29, 0.717) is 6.54 Å². The van der Waals surface area contributed by atoms with Gasteiger partial charge in [0, 0.05) is 24.5 Å². The molecule has 1 heterocycles. The van der Waals surface area contributed by atoms with Gasteiger partial charge in [0.2, 0.25) is 5.91 Å². The van der Waals surface area contributed by atoms with Crippen molar-refractivity contribution in [2.45, 2.75) is 38.8 Å². The zero-order chi connectivity index (χ0) is 21.3. The van der Waals surface area contributed by atoms with E-state index in [2.05, 4.69) is 16.9 Å². The summed E-state index contributed by atoms with van der Waals surface area (Å²) in [7, 11) is 3.09. The number of nitrogens with zero attached hydrogens (tertiary/aromatic N) is 1. The van der Waals surface area contributed by atoms with Gasteiger partial charge in [0.1, 0.15) is 5.58 Å². The van der Waals surface area contributed by atoms with Gasteiger partial charge in [0.15, 0.2) is 11.5 Å². The van der Waals surface area contributed by atoms with Crippen molar-refractivity contribution in [3.05, 3.63) is 58.8 Å². The van der Waals surface area contributed by atoms with Crippen LogP contribution < -0.4 is 9.47 Å². The molecule has 0 atom stereocenters. The van der Waals surface area contributed by atoms with Gasteiger partial charge in [-0.05, 0) is 60.2 Å². The molecular formula is C23H23F2NO4. The topological polar surface area (TPSA) is 51.9 Å². The summed E-state index contributed by atoms with van der Waals surface area (Å²) in [5, 5.41) is 0.993. The van der Waals surface area contributed by atoms with Crippen LogP contribution in [0.5, 0.6) is 11.5 Å². The number of aryl methyl sites for hydroxylation is 2. The van der Waals surface area contributed by atoms with E-state index in [9.17, 15) is 13.6 Å². The fourth-order valence-electron chi connectivity index (χ4n) is 3.95. The number of carbonyl (C=O) groups is 1. The molecular weight excluding hydrogens is 392 g/mol. The Morgan fingerprint density at radius 3 is 2.67 bits per heavy atom. The van der Waals surface area contributed by atoms with E-state index in [4.69, 9.17) is 9.15 Å². The monoisotopic (exact) mass is 415 g/mol. The molecule has 0 fully saturated rings. The van der Waals surface area contributed by atoms with Crippen LogP contribution in [0.4, 0.5) is 8.78 Å².